The topological polar surface area (TPSA) is 193 Å². The van der Waals surface area contributed by atoms with E-state index in [-0.39, 0.29) is 67.8 Å². The van der Waals surface area contributed by atoms with E-state index in [2.05, 4.69) is 212 Å². The summed E-state index contributed by atoms with van der Waals surface area (Å²) in [4.78, 5) is 47.3. The first kappa shape index (κ1) is 72.1. The standard InChI is InChI=1S/C91H92N10O6/c1-86(2,3)54-19-31-60(32-20-54)102-80-77(81(93-51-92-80)103-61-33-21-55(22-34-61)87(4,5)6)74-68-45-43-66(98-68)67-44-46-69(99-67)75(78-82(104-62-35-23-56(24-36-62)88(7,8)9)94-52-95-83(78)105-63-37-25-57(26-38-63)89(10,11)12)71-48-50-73(101-71)76(72-49-47-70(74)100-72)79-84(106-64-39-27-58(28-40-64)90(13,14)15)96-53-97-85(79)107-65-41-29-59(30-42-65)91(16,17)18/h19-53,98-100H,1-18H3. The van der Waals surface area contributed by atoms with Crippen molar-refractivity contribution in [3.8, 4) is 103 Å². The molecule has 0 spiro atoms. The number of rotatable bonds is 15. The molecular weight excluding hydrogens is 1330 g/mol. The van der Waals surface area contributed by atoms with E-state index in [0.29, 0.717) is 101 Å². The fourth-order valence-electron chi connectivity index (χ4n) is 12.9. The summed E-state index contributed by atoms with van der Waals surface area (Å²) in [5.74, 6) is 4.55. The molecule has 16 heteroatoms. The number of ether oxygens (including phenoxy) is 6. The Balaban J connectivity index is 1.09. The summed E-state index contributed by atoms with van der Waals surface area (Å²) >= 11 is 0. The first-order valence-corrected chi connectivity index (χ1v) is 36.4. The maximum absolute atomic E-state index is 7.09. The van der Waals surface area contributed by atoms with Crippen molar-refractivity contribution in [1.29, 1.82) is 0 Å². The van der Waals surface area contributed by atoms with Crippen molar-refractivity contribution in [3.05, 3.63) is 246 Å². The molecule has 1 aliphatic rings. The highest BCUT2D eigenvalue weighted by Gasteiger charge is 2.31. The van der Waals surface area contributed by atoms with Gasteiger partial charge in [0.1, 0.15) is 70.2 Å². The van der Waals surface area contributed by atoms with Crippen LogP contribution in [-0.4, -0.2) is 49.8 Å². The fraction of sp³-hybridized carbons (Fsp3) is 0.264. The van der Waals surface area contributed by atoms with E-state index in [1.807, 2.05) is 121 Å². The summed E-state index contributed by atoms with van der Waals surface area (Å²) in [5.41, 5.74) is 13.9. The molecule has 3 N–H and O–H groups in total. The van der Waals surface area contributed by atoms with Crippen LogP contribution in [0.4, 0.5) is 0 Å². The van der Waals surface area contributed by atoms with Gasteiger partial charge in [-0.15, -0.1) is 0 Å². The number of H-pyrrole nitrogens is 3. The van der Waals surface area contributed by atoms with E-state index in [4.69, 9.17) is 63.3 Å². The lowest BCUT2D eigenvalue weighted by Crippen LogP contribution is -2.10. The quantitative estimate of drug-likeness (QED) is 0.0879. The number of nitrogens with one attached hydrogen (secondary N) is 3. The van der Waals surface area contributed by atoms with E-state index in [1.165, 1.54) is 19.0 Å². The Morgan fingerprint density at radius 1 is 0.206 bits per heavy atom. The van der Waals surface area contributed by atoms with Crippen LogP contribution in [0.25, 0.3) is 78.6 Å². The van der Waals surface area contributed by atoms with E-state index >= 15 is 0 Å². The minimum atomic E-state index is -0.133. The van der Waals surface area contributed by atoms with Crippen LogP contribution < -0.4 is 28.4 Å². The Morgan fingerprint density at radius 3 is 0.589 bits per heavy atom. The number of nitrogens with zero attached hydrogens (tertiary/aromatic N) is 7. The zero-order valence-corrected chi connectivity index (χ0v) is 64.3. The number of aromatic nitrogens is 10. The van der Waals surface area contributed by atoms with Crippen molar-refractivity contribution in [2.75, 3.05) is 0 Å². The second-order valence-electron chi connectivity index (χ2n) is 33.5. The summed E-state index contributed by atoms with van der Waals surface area (Å²) in [5, 5.41) is 0. The van der Waals surface area contributed by atoms with Crippen molar-refractivity contribution in [2.45, 2.75) is 157 Å². The molecule has 1 aliphatic heterocycles. The lowest BCUT2D eigenvalue weighted by molar-refractivity contribution is 0.436. The molecule has 0 radical (unpaired) electrons. The second kappa shape index (κ2) is 27.9. The van der Waals surface area contributed by atoms with Gasteiger partial charge >= 0.3 is 0 Å². The van der Waals surface area contributed by atoms with Gasteiger partial charge in [0.05, 0.1) is 22.4 Å². The first-order chi connectivity index (χ1) is 50.7. The molecule has 0 atom stereocenters. The lowest BCUT2D eigenvalue weighted by Gasteiger charge is -2.20. The van der Waals surface area contributed by atoms with Gasteiger partial charge in [0.25, 0.3) is 0 Å². The summed E-state index contributed by atoms with van der Waals surface area (Å²) in [6.45, 7) is 39.3. The molecule has 0 aliphatic carbocycles. The monoisotopic (exact) mass is 1420 g/mol. The maximum Gasteiger partial charge on any atom is 0.234 e. The summed E-state index contributed by atoms with van der Waals surface area (Å²) in [7, 11) is 0. The molecule has 14 rings (SSSR count). The minimum Gasteiger partial charge on any atom is -0.438 e. The van der Waals surface area contributed by atoms with Crippen LogP contribution in [0.2, 0.25) is 0 Å². The molecule has 0 unspecified atom stereocenters. The second-order valence-corrected chi connectivity index (χ2v) is 33.5. The minimum absolute atomic E-state index is 0.113. The molecule has 16 nitrogen and oxygen atoms in total. The molecule has 7 aromatic heterocycles. The van der Waals surface area contributed by atoms with Crippen molar-refractivity contribution < 1.29 is 28.4 Å². The van der Waals surface area contributed by atoms with Gasteiger partial charge in [0.15, 0.2) is 0 Å². The molecule has 0 fully saturated rings. The third-order valence-electron chi connectivity index (χ3n) is 19.3. The number of hydrogen-bond acceptors (Lipinski definition) is 13. The number of fused-ring (bicyclic) bond motifs is 9. The number of aromatic amines is 3. The number of benzene rings is 6. The summed E-state index contributed by atoms with van der Waals surface area (Å²) < 4.78 is 42.3. The Kier molecular flexibility index (Phi) is 18.8. The maximum atomic E-state index is 7.09. The molecular formula is C91H92N10O6. The van der Waals surface area contributed by atoms with Gasteiger partial charge in [-0.05, 0) is 187 Å². The van der Waals surface area contributed by atoms with Crippen LogP contribution in [0.5, 0.6) is 69.8 Å². The van der Waals surface area contributed by atoms with Crippen LogP contribution in [0.1, 0.15) is 169 Å². The van der Waals surface area contributed by atoms with Crippen molar-refractivity contribution in [3.63, 3.8) is 0 Å². The molecule has 107 heavy (non-hydrogen) atoms. The molecule has 6 aromatic carbocycles. The molecule has 542 valence electrons. The van der Waals surface area contributed by atoms with E-state index in [1.54, 1.807) is 0 Å². The number of hydrogen-bond donors (Lipinski definition) is 3. The van der Waals surface area contributed by atoms with Crippen molar-refractivity contribution >= 4 is 45.3 Å². The average molecular weight is 1420 g/mol. The van der Waals surface area contributed by atoms with E-state index in [9.17, 15) is 0 Å². The molecule has 0 amide bonds. The highest BCUT2D eigenvalue weighted by molar-refractivity contribution is 6.03. The fourth-order valence-corrected chi connectivity index (χ4v) is 12.9. The molecule has 8 heterocycles. The predicted octanol–water partition coefficient (Wildman–Crippen LogP) is 24.6. The zero-order chi connectivity index (χ0) is 75.5. The van der Waals surface area contributed by atoms with Crippen LogP contribution in [-0.2, 0) is 32.5 Å². The van der Waals surface area contributed by atoms with Gasteiger partial charge in [-0.3, -0.25) is 0 Å². The van der Waals surface area contributed by atoms with Gasteiger partial charge < -0.3 is 43.4 Å². The third-order valence-corrected chi connectivity index (χ3v) is 19.3. The predicted molar refractivity (Wildman–Crippen MR) is 430 cm³/mol. The van der Waals surface area contributed by atoms with Crippen LogP contribution in [0, 0.1) is 0 Å². The third kappa shape index (κ3) is 15.6. The normalized spacial score (nSPS) is 12.5. The molecule has 0 saturated carbocycles. The Labute approximate surface area is 626 Å². The summed E-state index contributed by atoms with van der Waals surface area (Å²) in [6.07, 6.45) is 8.33. The smallest absolute Gasteiger partial charge is 0.234 e. The lowest BCUT2D eigenvalue weighted by atomic mass is 9.87. The van der Waals surface area contributed by atoms with E-state index in [0.717, 1.165) is 44.4 Å². The zero-order valence-electron chi connectivity index (χ0n) is 64.3. The highest BCUT2D eigenvalue weighted by atomic mass is 16.5. The first-order valence-electron chi connectivity index (χ1n) is 36.4. The molecule has 13 aromatic rings. The van der Waals surface area contributed by atoms with Gasteiger partial charge in [0, 0.05) is 38.8 Å². The van der Waals surface area contributed by atoms with Gasteiger partial charge in [0.2, 0.25) is 35.3 Å². The molecule has 0 saturated heterocycles. The Hall–Kier alpha value is -11.9. The Bertz CT molecular complexity index is 5370. The highest BCUT2D eigenvalue weighted by Crippen LogP contribution is 2.50. The Morgan fingerprint density at radius 2 is 0.383 bits per heavy atom. The largest absolute Gasteiger partial charge is 0.438 e. The SMILES string of the molecule is CC(C)(C)c1ccc(Oc2ncnc(Oc3ccc(C(C)(C)C)cc3)c2-c2c3nc(c(-c4c(Oc5ccc(C(C)(C)C)cc5)ncnc4Oc4ccc(C(C)(C)C)cc4)c4ccc([nH]4)c4ccc([nH]4)c(-c4c(Oc5ccc(C(C)(C)C)cc5)ncnc4Oc4ccc(C(C)(C)C)cc4)c4ccc2[nH]4)C=C3)cc1. The molecule has 8 bridgehead atoms. The summed E-state index contributed by atoms with van der Waals surface area (Å²) in [6, 6.07) is 60.6. The van der Waals surface area contributed by atoms with Crippen LogP contribution in [0.3, 0.4) is 0 Å². The van der Waals surface area contributed by atoms with Crippen molar-refractivity contribution in [1.82, 2.24) is 49.8 Å². The van der Waals surface area contributed by atoms with Crippen molar-refractivity contribution in [2.24, 2.45) is 0 Å². The van der Waals surface area contributed by atoms with Gasteiger partial charge in [-0.2, -0.15) is 0 Å². The van der Waals surface area contributed by atoms with Crippen LogP contribution in [0.15, 0.2) is 201 Å². The van der Waals surface area contributed by atoms with Gasteiger partial charge in [-0.1, -0.05) is 197 Å². The van der Waals surface area contributed by atoms with Gasteiger partial charge in [-0.25, -0.2) is 34.9 Å². The van der Waals surface area contributed by atoms with E-state index < -0.39 is 0 Å². The average Bonchev–Trinajstić information content (AvgIpc) is 1.64. The van der Waals surface area contributed by atoms with Crippen LogP contribution >= 0.6 is 0 Å².